The number of nitrogens with zero attached hydrogens (tertiary/aromatic N) is 3. The number of amides is 1. The molecule has 8 nitrogen and oxygen atoms in total. The van der Waals surface area contributed by atoms with Crippen LogP contribution in [-0.2, 0) is 11.3 Å². The molecule has 0 aliphatic carbocycles. The van der Waals surface area contributed by atoms with Gasteiger partial charge in [0.05, 0.1) is 6.54 Å². The summed E-state index contributed by atoms with van der Waals surface area (Å²) in [5.41, 5.74) is -0.478. The lowest BCUT2D eigenvalue weighted by atomic mass is 9.96. The fraction of sp³-hybridized carbons (Fsp3) is 0.846. The van der Waals surface area contributed by atoms with Crippen molar-refractivity contribution in [1.82, 2.24) is 31.3 Å². The van der Waals surface area contributed by atoms with E-state index in [0.29, 0.717) is 30.7 Å². The minimum Gasteiger partial charge on any atom is -0.444 e. The zero-order valence-corrected chi connectivity index (χ0v) is 13.4. The molecule has 1 amide bonds. The molecule has 0 spiro atoms. The lowest BCUT2D eigenvalue weighted by Crippen LogP contribution is -2.39. The largest absolute Gasteiger partial charge is 0.444 e. The van der Waals surface area contributed by atoms with Gasteiger partial charge in [0.1, 0.15) is 5.60 Å². The zero-order valence-electron chi connectivity index (χ0n) is 13.4. The summed E-state index contributed by atoms with van der Waals surface area (Å²) < 4.78 is 5.23. The molecule has 0 aliphatic heterocycles. The van der Waals surface area contributed by atoms with Gasteiger partial charge in [-0.25, -0.2) is 4.79 Å². The van der Waals surface area contributed by atoms with Gasteiger partial charge >= 0.3 is 6.09 Å². The Hall–Kier alpha value is -1.70. The summed E-state index contributed by atoms with van der Waals surface area (Å²) >= 11 is 0. The summed E-state index contributed by atoms with van der Waals surface area (Å²) in [6, 6.07) is 0. The molecular weight excluding hydrogens is 272 g/mol. The summed E-state index contributed by atoms with van der Waals surface area (Å²) in [5.74, 6) is 1.35. The fourth-order valence-corrected chi connectivity index (χ4v) is 1.70. The highest BCUT2D eigenvalue weighted by atomic mass is 16.6. The molecule has 1 heterocycles. The van der Waals surface area contributed by atoms with E-state index in [2.05, 4.69) is 45.1 Å². The van der Waals surface area contributed by atoms with Gasteiger partial charge in [-0.1, -0.05) is 19.1 Å². The number of alkyl carbamates (subject to hydrolysis) is 1. The number of carbonyl (C=O) groups is 1. The van der Waals surface area contributed by atoms with Crippen molar-refractivity contribution in [3.63, 3.8) is 0 Å². The number of H-pyrrole nitrogens is 1. The highest BCUT2D eigenvalue weighted by molar-refractivity contribution is 5.67. The van der Waals surface area contributed by atoms with Crippen LogP contribution in [0.15, 0.2) is 0 Å². The van der Waals surface area contributed by atoms with Gasteiger partial charge in [0.2, 0.25) is 0 Å². The maximum atomic E-state index is 11.7. The van der Waals surface area contributed by atoms with E-state index in [0.717, 1.165) is 6.54 Å². The van der Waals surface area contributed by atoms with Gasteiger partial charge in [0, 0.05) is 13.1 Å². The van der Waals surface area contributed by atoms with E-state index in [4.69, 9.17) is 4.74 Å². The van der Waals surface area contributed by atoms with Crippen molar-refractivity contribution < 1.29 is 9.53 Å². The van der Waals surface area contributed by atoms with Gasteiger partial charge in [-0.2, -0.15) is 5.21 Å². The van der Waals surface area contributed by atoms with Crippen LogP contribution in [0.4, 0.5) is 4.79 Å². The maximum absolute atomic E-state index is 11.7. The van der Waals surface area contributed by atoms with E-state index >= 15 is 0 Å². The maximum Gasteiger partial charge on any atom is 0.407 e. The van der Waals surface area contributed by atoms with E-state index in [-0.39, 0.29) is 6.09 Å². The standard InChI is InChI=1S/C13H26N6O2/c1-9(2)10(6-14-8-11-16-18-19-17-11)7-15-12(20)21-13(3,4)5/h9-10,14H,6-8H2,1-5H3,(H,15,20)(H,16,17,18,19). The molecule has 1 aromatic rings. The molecule has 0 saturated heterocycles. The van der Waals surface area contributed by atoms with Crippen LogP contribution in [0.3, 0.4) is 0 Å². The van der Waals surface area contributed by atoms with Crippen molar-refractivity contribution in [1.29, 1.82) is 0 Å². The number of hydrogen-bond acceptors (Lipinski definition) is 6. The van der Waals surface area contributed by atoms with Crippen molar-refractivity contribution in [2.45, 2.75) is 46.8 Å². The third-order valence-electron chi connectivity index (χ3n) is 2.93. The number of ether oxygens (including phenoxy) is 1. The highest BCUT2D eigenvalue weighted by Crippen LogP contribution is 2.10. The Labute approximate surface area is 125 Å². The minimum atomic E-state index is -0.478. The van der Waals surface area contributed by atoms with Crippen LogP contribution in [0, 0.1) is 11.8 Å². The molecule has 0 aromatic carbocycles. The molecule has 8 heteroatoms. The normalized spacial score (nSPS) is 13.2. The number of tetrazole rings is 1. The molecule has 0 aliphatic rings. The molecule has 0 radical (unpaired) electrons. The van der Waals surface area contributed by atoms with Gasteiger partial charge < -0.3 is 15.4 Å². The zero-order chi connectivity index (χ0) is 15.9. The van der Waals surface area contributed by atoms with E-state index in [1.165, 1.54) is 0 Å². The first-order chi connectivity index (χ1) is 9.78. The second-order valence-corrected chi connectivity index (χ2v) is 6.35. The summed E-state index contributed by atoms with van der Waals surface area (Å²) in [6.45, 7) is 11.6. The molecule has 1 aromatic heterocycles. The lowest BCUT2D eigenvalue weighted by molar-refractivity contribution is 0.0515. The highest BCUT2D eigenvalue weighted by Gasteiger charge is 2.19. The Kier molecular flexibility index (Phi) is 6.54. The number of carbonyl (C=O) groups excluding carboxylic acids is 1. The number of hydrogen-bond donors (Lipinski definition) is 3. The Morgan fingerprint density at radius 3 is 2.57 bits per heavy atom. The van der Waals surface area contributed by atoms with Gasteiger partial charge in [-0.3, -0.25) is 0 Å². The number of aromatic amines is 1. The predicted molar refractivity (Wildman–Crippen MR) is 78.4 cm³/mol. The van der Waals surface area contributed by atoms with Crippen LogP contribution in [0.2, 0.25) is 0 Å². The smallest absolute Gasteiger partial charge is 0.407 e. The molecule has 120 valence electrons. The summed E-state index contributed by atoms with van der Waals surface area (Å²) in [6.07, 6.45) is -0.383. The second kappa shape index (κ2) is 7.92. The van der Waals surface area contributed by atoms with Crippen molar-refractivity contribution in [2.24, 2.45) is 11.8 Å². The van der Waals surface area contributed by atoms with E-state index in [9.17, 15) is 4.79 Å². The average Bonchev–Trinajstić information content (AvgIpc) is 2.83. The first kappa shape index (κ1) is 17.4. The fourth-order valence-electron chi connectivity index (χ4n) is 1.70. The molecule has 3 N–H and O–H groups in total. The third kappa shape index (κ3) is 7.60. The van der Waals surface area contributed by atoms with E-state index in [1.807, 2.05) is 20.8 Å². The Bertz CT molecular complexity index is 413. The van der Waals surface area contributed by atoms with E-state index < -0.39 is 5.60 Å². The molecule has 1 atom stereocenters. The molecule has 0 bridgehead atoms. The number of aromatic nitrogens is 4. The van der Waals surface area contributed by atoms with Crippen LogP contribution >= 0.6 is 0 Å². The van der Waals surface area contributed by atoms with Crippen LogP contribution in [0.5, 0.6) is 0 Å². The number of rotatable bonds is 7. The molecule has 1 rings (SSSR count). The van der Waals surface area contributed by atoms with Crippen LogP contribution in [0.1, 0.15) is 40.4 Å². The third-order valence-corrected chi connectivity index (χ3v) is 2.93. The topological polar surface area (TPSA) is 105 Å². The lowest BCUT2D eigenvalue weighted by Gasteiger charge is -2.24. The summed E-state index contributed by atoms with van der Waals surface area (Å²) in [7, 11) is 0. The molecule has 0 fully saturated rings. The molecule has 1 unspecified atom stereocenters. The van der Waals surface area contributed by atoms with Crippen LogP contribution in [-0.4, -0.2) is 45.4 Å². The summed E-state index contributed by atoms with van der Waals surface area (Å²) in [4.78, 5) is 11.7. The Balaban J connectivity index is 2.31. The Morgan fingerprint density at radius 2 is 2.05 bits per heavy atom. The molecular formula is C13H26N6O2. The monoisotopic (exact) mass is 298 g/mol. The van der Waals surface area contributed by atoms with Crippen molar-refractivity contribution >= 4 is 6.09 Å². The van der Waals surface area contributed by atoms with Gasteiger partial charge in [-0.15, -0.1) is 10.2 Å². The Morgan fingerprint density at radius 1 is 1.33 bits per heavy atom. The molecule has 0 saturated carbocycles. The van der Waals surface area contributed by atoms with Crippen molar-refractivity contribution in [3.05, 3.63) is 5.82 Å². The first-order valence-electron chi connectivity index (χ1n) is 7.18. The second-order valence-electron chi connectivity index (χ2n) is 6.35. The average molecular weight is 298 g/mol. The van der Waals surface area contributed by atoms with Gasteiger partial charge in [-0.05, 0) is 32.6 Å². The molecule has 21 heavy (non-hydrogen) atoms. The van der Waals surface area contributed by atoms with Crippen LogP contribution < -0.4 is 10.6 Å². The SMILES string of the molecule is CC(C)C(CNCc1nn[nH]n1)CNC(=O)OC(C)(C)C. The quantitative estimate of drug-likeness (QED) is 0.696. The van der Waals surface area contributed by atoms with Crippen molar-refractivity contribution in [3.8, 4) is 0 Å². The predicted octanol–water partition coefficient (Wildman–Crippen LogP) is 1.09. The van der Waals surface area contributed by atoms with E-state index in [1.54, 1.807) is 0 Å². The number of nitrogens with one attached hydrogen (secondary N) is 3. The minimum absolute atomic E-state index is 0.296. The van der Waals surface area contributed by atoms with Gasteiger partial charge in [0.15, 0.2) is 5.82 Å². The van der Waals surface area contributed by atoms with Gasteiger partial charge in [0.25, 0.3) is 0 Å². The summed E-state index contributed by atoms with van der Waals surface area (Å²) in [5, 5.41) is 19.7. The van der Waals surface area contributed by atoms with Crippen molar-refractivity contribution in [2.75, 3.05) is 13.1 Å². The van der Waals surface area contributed by atoms with Crippen LogP contribution in [0.25, 0.3) is 0 Å². The first-order valence-corrected chi connectivity index (χ1v) is 7.18.